The van der Waals surface area contributed by atoms with E-state index in [4.69, 9.17) is 4.74 Å². The number of hydrogen-bond acceptors (Lipinski definition) is 3. The Hall–Kier alpha value is -1.24. The second-order valence-electron chi connectivity index (χ2n) is 2.95. The van der Waals surface area contributed by atoms with Crippen molar-refractivity contribution >= 4 is 21.9 Å². The third-order valence-corrected chi connectivity index (χ3v) is 2.15. The molecule has 0 heterocycles. The SMILES string of the molecule is COC(=O)c1ccc(OCBr)cc1C(F)(F)F. The Morgan fingerprint density at radius 2 is 2.06 bits per heavy atom. The molecule has 1 aromatic carbocycles. The number of carbonyl (C=O) groups excluding carboxylic acids is 1. The highest BCUT2D eigenvalue weighted by Crippen LogP contribution is 2.34. The van der Waals surface area contributed by atoms with Crippen molar-refractivity contribution in [1.82, 2.24) is 0 Å². The summed E-state index contributed by atoms with van der Waals surface area (Å²) < 4.78 is 47.2. The van der Waals surface area contributed by atoms with Gasteiger partial charge < -0.3 is 9.47 Å². The molecule has 0 saturated heterocycles. The van der Waals surface area contributed by atoms with E-state index in [1.807, 2.05) is 0 Å². The van der Waals surface area contributed by atoms with Crippen LogP contribution in [0.1, 0.15) is 15.9 Å². The van der Waals surface area contributed by atoms with Crippen LogP contribution in [0.25, 0.3) is 0 Å². The molecular formula is C10H8BrF3O3. The lowest BCUT2D eigenvalue weighted by Gasteiger charge is -2.13. The summed E-state index contributed by atoms with van der Waals surface area (Å²) in [5, 5.41) is 0. The lowest BCUT2D eigenvalue weighted by molar-refractivity contribution is -0.138. The number of alkyl halides is 4. The second kappa shape index (κ2) is 5.39. The second-order valence-corrected chi connectivity index (χ2v) is 3.41. The van der Waals surface area contributed by atoms with Gasteiger partial charge in [0.2, 0.25) is 0 Å². The van der Waals surface area contributed by atoms with Gasteiger partial charge in [0.15, 0.2) is 0 Å². The first-order valence-corrected chi connectivity index (χ1v) is 5.50. The fourth-order valence-electron chi connectivity index (χ4n) is 1.20. The first kappa shape index (κ1) is 13.8. The van der Waals surface area contributed by atoms with Gasteiger partial charge in [0.25, 0.3) is 0 Å². The fourth-order valence-corrected chi connectivity index (χ4v) is 1.46. The number of rotatable bonds is 3. The monoisotopic (exact) mass is 312 g/mol. The average molecular weight is 313 g/mol. The molecule has 0 bridgehead atoms. The van der Waals surface area contributed by atoms with E-state index in [0.717, 1.165) is 19.2 Å². The summed E-state index contributed by atoms with van der Waals surface area (Å²) >= 11 is 2.93. The largest absolute Gasteiger partial charge is 0.482 e. The third kappa shape index (κ3) is 3.36. The molecule has 0 aliphatic rings. The van der Waals surface area contributed by atoms with Crippen LogP contribution >= 0.6 is 15.9 Å². The van der Waals surface area contributed by atoms with E-state index in [0.29, 0.717) is 0 Å². The van der Waals surface area contributed by atoms with Gasteiger partial charge in [-0.25, -0.2) is 4.79 Å². The topological polar surface area (TPSA) is 35.5 Å². The van der Waals surface area contributed by atoms with Gasteiger partial charge in [-0.1, -0.05) is 0 Å². The number of esters is 1. The van der Waals surface area contributed by atoms with Gasteiger partial charge in [0.1, 0.15) is 11.3 Å². The van der Waals surface area contributed by atoms with Crippen molar-refractivity contribution < 1.29 is 27.4 Å². The maximum Gasteiger partial charge on any atom is 0.417 e. The summed E-state index contributed by atoms with van der Waals surface area (Å²) in [7, 11) is 1.02. The molecule has 0 aliphatic heterocycles. The average Bonchev–Trinajstić information content (AvgIpc) is 2.27. The first-order chi connectivity index (χ1) is 7.90. The van der Waals surface area contributed by atoms with Gasteiger partial charge in [0.05, 0.1) is 18.2 Å². The molecule has 0 aromatic heterocycles. The Morgan fingerprint density at radius 3 is 2.53 bits per heavy atom. The maximum atomic E-state index is 12.7. The van der Waals surface area contributed by atoms with Crippen LogP contribution in [-0.2, 0) is 10.9 Å². The zero-order chi connectivity index (χ0) is 13.1. The highest BCUT2D eigenvalue weighted by molar-refractivity contribution is 9.09. The Balaban J connectivity index is 3.27. The van der Waals surface area contributed by atoms with Crippen LogP contribution in [0.15, 0.2) is 18.2 Å². The Labute approximate surface area is 104 Å². The van der Waals surface area contributed by atoms with Gasteiger partial charge in [0, 0.05) is 0 Å². The number of methoxy groups -OCH3 is 1. The van der Waals surface area contributed by atoms with E-state index >= 15 is 0 Å². The first-order valence-electron chi connectivity index (χ1n) is 4.38. The minimum Gasteiger partial charge on any atom is -0.482 e. The molecule has 0 atom stereocenters. The smallest absolute Gasteiger partial charge is 0.417 e. The summed E-state index contributed by atoms with van der Waals surface area (Å²) in [5.74, 6) is -1.02. The minimum atomic E-state index is -4.64. The Morgan fingerprint density at radius 1 is 1.41 bits per heavy atom. The van der Waals surface area contributed by atoms with Crippen molar-refractivity contribution in [2.45, 2.75) is 6.18 Å². The Bertz CT molecular complexity index is 418. The van der Waals surface area contributed by atoms with E-state index in [-0.39, 0.29) is 11.3 Å². The van der Waals surface area contributed by atoms with Gasteiger partial charge in [-0.15, -0.1) is 0 Å². The van der Waals surface area contributed by atoms with Crippen molar-refractivity contribution in [3.63, 3.8) is 0 Å². The molecule has 1 aromatic rings. The van der Waals surface area contributed by atoms with Crippen molar-refractivity contribution in [3.05, 3.63) is 29.3 Å². The summed E-state index contributed by atoms with van der Waals surface area (Å²) in [6, 6.07) is 3.04. The number of hydrogen-bond donors (Lipinski definition) is 0. The molecule has 0 radical (unpaired) electrons. The van der Waals surface area contributed by atoms with E-state index in [2.05, 4.69) is 20.7 Å². The zero-order valence-electron chi connectivity index (χ0n) is 8.68. The molecule has 0 aliphatic carbocycles. The molecule has 0 fully saturated rings. The molecule has 0 spiro atoms. The Kier molecular flexibility index (Phi) is 4.39. The number of carbonyl (C=O) groups is 1. The third-order valence-electron chi connectivity index (χ3n) is 1.92. The maximum absolute atomic E-state index is 12.7. The number of halogens is 4. The molecule has 17 heavy (non-hydrogen) atoms. The predicted molar refractivity (Wildman–Crippen MR) is 57.2 cm³/mol. The van der Waals surface area contributed by atoms with Crippen LogP contribution in [0.4, 0.5) is 13.2 Å². The lowest BCUT2D eigenvalue weighted by Crippen LogP contribution is -2.14. The van der Waals surface area contributed by atoms with Crippen molar-refractivity contribution in [3.8, 4) is 5.75 Å². The van der Waals surface area contributed by atoms with Crippen LogP contribution in [0.5, 0.6) is 5.75 Å². The van der Waals surface area contributed by atoms with Gasteiger partial charge >= 0.3 is 12.1 Å². The van der Waals surface area contributed by atoms with Crippen LogP contribution in [-0.4, -0.2) is 18.6 Å². The highest BCUT2D eigenvalue weighted by atomic mass is 79.9. The molecule has 7 heteroatoms. The van der Waals surface area contributed by atoms with Crippen LogP contribution < -0.4 is 4.74 Å². The fraction of sp³-hybridized carbons (Fsp3) is 0.300. The molecular weight excluding hydrogens is 305 g/mol. The van der Waals surface area contributed by atoms with E-state index < -0.39 is 23.3 Å². The van der Waals surface area contributed by atoms with Crippen molar-refractivity contribution in [1.29, 1.82) is 0 Å². The predicted octanol–water partition coefficient (Wildman–Crippen LogP) is 3.22. The highest BCUT2D eigenvalue weighted by Gasteiger charge is 2.36. The molecule has 0 unspecified atom stereocenters. The van der Waals surface area contributed by atoms with Crippen molar-refractivity contribution in [2.75, 3.05) is 12.6 Å². The van der Waals surface area contributed by atoms with Crippen LogP contribution in [0, 0.1) is 0 Å². The van der Waals surface area contributed by atoms with Gasteiger partial charge in [-0.05, 0) is 34.1 Å². The van der Waals surface area contributed by atoms with Crippen molar-refractivity contribution in [2.24, 2.45) is 0 Å². The molecule has 3 nitrogen and oxygen atoms in total. The van der Waals surface area contributed by atoms with E-state index in [1.54, 1.807) is 0 Å². The van der Waals surface area contributed by atoms with Gasteiger partial charge in [-0.2, -0.15) is 13.2 Å². The lowest BCUT2D eigenvalue weighted by atomic mass is 10.1. The quantitative estimate of drug-likeness (QED) is 0.635. The summed E-state index contributed by atoms with van der Waals surface area (Å²) in [6.45, 7) is 0. The van der Waals surface area contributed by atoms with E-state index in [9.17, 15) is 18.0 Å². The summed E-state index contributed by atoms with van der Waals surface area (Å²) in [6.07, 6.45) is -4.64. The molecule has 1 rings (SSSR count). The van der Waals surface area contributed by atoms with Crippen LogP contribution in [0.3, 0.4) is 0 Å². The molecule has 0 N–H and O–H groups in total. The summed E-state index contributed by atoms with van der Waals surface area (Å²) in [5.41, 5.74) is -1.56. The summed E-state index contributed by atoms with van der Waals surface area (Å²) in [4.78, 5) is 11.2. The molecule has 0 amide bonds. The standard InChI is InChI=1S/C10H8BrF3O3/c1-16-9(15)7-3-2-6(17-5-11)4-8(7)10(12,13)14/h2-4H,5H2,1H3. The normalized spacial score (nSPS) is 11.1. The zero-order valence-corrected chi connectivity index (χ0v) is 10.3. The molecule has 94 valence electrons. The molecule has 0 saturated carbocycles. The van der Waals surface area contributed by atoms with E-state index in [1.165, 1.54) is 6.07 Å². The minimum absolute atomic E-state index is 0.0156. The van der Waals surface area contributed by atoms with Gasteiger partial charge in [-0.3, -0.25) is 0 Å². The number of benzene rings is 1. The van der Waals surface area contributed by atoms with Crippen LogP contribution in [0.2, 0.25) is 0 Å². The number of ether oxygens (including phenoxy) is 2.